The van der Waals surface area contributed by atoms with Crippen molar-refractivity contribution in [1.82, 2.24) is 14.9 Å². The molecule has 118 valence electrons. The lowest BCUT2D eigenvalue weighted by Gasteiger charge is -2.20. The highest BCUT2D eigenvalue weighted by Gasteiger charge is 2.27. The summed E-state index contributed by atoms with van der Waals surface area (Å²) >= 11 is 0. The quantitative estimate of drug-likeness (QED) is 0.687. The van der Waals surface area contributed by atoms with E-state index in [0.717, 1.165) is 37.3 Å². The second-order valence-corrected chi connectivity index (χ2v) is 5.23. The molecule has 1 heterocycles. The minimum atomic E-state index is 0.448. The lowest BCUT2D eigenvalue weighted by molar-refractivity contribution is 0.128. The topological polar surface area (TPSA) is 62.3 Å². The minimum Gasteiger partial charge on any atom is -0.374 e. The normalized spacial score (nSPS) is 14.5. The molecule has 1 aliphatic rings. The molecular formula is C15H27N5O. The molecule has 6 nitrogen and oxygen atoms in total. The van der Waals surface area contributed by atoms with Crippen LogP contribution in [0.1, 0.15) is 32.5 Å². The lowest BCUT2D eigenvalue weighted by atomic mass is 10.4. The second-order valence-electron chi connectivity index (χ2n) is 5.23. The number of ether oxygens (including phenoxy) is 1. The Balaban J connectivity index is 1.88. The van der Waals surface area contributed by atoms with Gasteiger partial charge in [-0.3, -0.25) is 4.90 Å². The van der Waals surface area contributed by atoms with E-state index in [2.05, 4.69) is 32.4 Å². The van der Waals surface area contributed by atoms with Crippen molar-refractivity contribution < 1.29 is 4.74 Å². The van der Waals surface area contributed by atoms with Crippen LogP contribution in [0.3, 0.4) is 0 Å². The molecule has 21 heavy (non-hydrogen) atoms. The first kappa shape index (κ1) is 16.0. The van der Waals surface area contributed by atoms with Crippen LogP contribution in [0.4, 0.5) is 11.6 Å². The summed E-state index contributed by atoms with van der Waals surface area (Å²) in [6.07, 6.45) is 2.70. The zero-order valence-corrected chi connectivity index (χ0v) is 13.4. The van der Waals surface area contributed by atoms with E-state index in [1.54, 1.807) is 0 Å². The van der Waals surface area contributed by atoms with E-state index in [-0.39, 0.29) is 0 Å². The Labute approximate surface area is 127 Å². The Kier molecular flexibility index (Phi) is 6.20. The first-order valence-electron chi connectivity index (χ1n) is 7.88. The molecule has 1 aromatic rings. The Morgan fingerprint density at radius 3 is 2.67 bits per heavy atom. The molecule has 0 atom stereocenters. The summed E-state index contributed by atoms with van der Waals surface area (Å²) in [5.74, 6) is 2.38. The smallest absolute Gasteiger partial charge is 0.158 e. The van der Waals surface area contributed by atoms with Crippen LogP contribution in [0.15, 0.2) is 6.07 Å². The summed E-state index contributed by atoms with van der Waals surface area (Å²) in [6.45, 7) is 8.39. The summed E-state index contributed by atoms with van der Waals surface area (Å²) in [5.41, 5.74) is 0. The van der Waals surface area contributed by atoms with Crippen LogP contribution in [0, 0.1) is 0 Å². The molecule has 0 saturated heterocycles. The molecule has 1 aliphatic carbocycles. The Bertz CT molecular complexity index is 436. The van der Waals surface area contributed by atoms with Crippen molar-refractivity contribution in [2.75, 3.05) is 43.9 Å². The molecule has 0 bridgehead atoms. The number of nitrogens with one attached hydrogen (secondary N) is 2. The minimum absolute atomic E-state index is 0.448. The number of nitrogens with zero attached hydrogens (tertiary/aromatic N) is 3. The zero-order chi connectivity index (χ0) is 15.1. The van der Waals surface area contributed by atoms with Gasteiger partial charge < -0.3 is 15.4 Å². The van der Waals surface area contributed by atoms with Crippen molar-refractivity contribution in [2.24, 2.45) is 0 Å². The van der Waals surface area contributed by atoms with Crippen molar-refractivity contribution >= 4 is 11.6 Å². The molecule has 0 aromatic carbocycles. The fourth-order valence-electron chi connectivity index (χ4n) is 2.34. The number of hydrogen-bond acceptors (Lipinski definition) is 6. The van der Waals surface area contributed by atoms with Gasteiger partial charge in [0.2, 0.25) is 0 Å². The predicted molar refractivity (Wildman–Crippen MR) is 85.7 cm³/mol. The maximum Gasteiger partial charge on any atom is 0.158 e. The van der Waals surface area contributed by atoms with Gasteiger partial charge >= 0.3 is 0 Å². The van der Waals surface area contributed by atoms with Gasteiger partial charge in [-0.2, -0.15) is 0 Å². The van der Waals surface area contributed by atoms with Crippen LogP contribution in [0.5, 0.6) is 0 Å². The SMILES string of the molecule is CCOCc1nc(NC)cc(NCCN(CC)C2CC2)n1. The third kappa shape index (κ3) is 5.13. The van der Waals surface area contributed by atoms with Crippen LogP contribution < -0.4 is 10.6 Å². The Hall–Kier alpha value is -1.40. The lowest BCUT2D eigenvalue weighted by Crippen LogP contribution is -2.31. The third-order valence-electron chi connectivity index (χ3n) is 3.64. The molecule has 0 unspecified atom stereocenters. The molecule has 0 radical (unpaired) electrons. The van der Waals surface area contributed by atoms with Crippen molar-refractivity contribution in [2.45, 2.75) is 39.3 Å². The molecule has 1 saturated carbocycles. The third-order valence-corrected chi connectivity index (χ3v) is 3.64. The zero-order valence-electron chi connectivity index (χ0n) is 13.4. The van der Waals surface area contributed by atoms with Gasteiger partial charge in [0, 0.05) is 38.9 Å². The molecule has 6 heteroatoms. The fraction of sp³-hybridized carbons (Fsp3) is 0.733. The largest absolute Gasteiger partial charge is 0.374 e. The first-order valence-corrected chi connectivity index (χ1v) is 7.88. The highest BCUT2D eigenvalue weighted by Crippen LogP contribution is 2.26. The van der Waals surface area contributed by atoms with Gasteiger partial charge in [0.05, 0.1) is 0 Å². The van der Waals surface area contributed by atoms with Gasteiger partial charge in [-0.1, -0.05) is 6.92 Å². The van der Waals surface area contributed by atoms with E-state index in [1.165, 1.54) is 12.8 Å². The van der Waals surface area contributed by atoms with Crippen LogP contribution in [0.2, 0.25) is 0 Å². The van der Waals surface area contributed by atoms with Gasteiger partial charge in [-0.05, 0) is 26.3 Å². The number of rotatable bonds is 10. The summed E-state index contributed by atoms with van der Waals surface area (Å²) in [7, 11) is 1.86. The van der Waals surface area contributed by atoms with Crippen molar-refractivity contribution in [1.29, 1.82) is 0 Å². The predicted octanol–water partition coefficient (Wildman–Crippen LogP) is 1.95. The number of anilines is 2. The maximum absolute atomic E-state index is 5.39. The molecular weight excluding hydrogens is 266 g/mol. The average Bonchev–Trinajstić information content (AvgIpc) is 3.34. The van der Waals surface area contributed by atoms with Crippen LogP contribution in [-0.4, -0.2) is 54.2 Å². The van der Waals surface area contributed by atoms with E-state index < -0.39 is 0 Å². The Morgan fingerprint density at radius 2 is 2.05 bits per heavy atom. The first-order chi connectivity index (χ1) is 10.3. The summed E-state index contributed by atoms with van der Waals surface area (Å²) in [4.78, 5) is 11.4. The van der Waals surface area contributed by atoms with E-state index in [9.17, 15) is 0 Å². The average molecular weight is 293 g/mol. The van der Waals surface area contributed by atoms with Crippen molar-refractivity contribution in [3.8, 4) is 0 Å². The molecule has 1 fully saturated rings. The van der Waals surface area contributed by atoms with E-state index in [4.69, 9.17) is 4.74 Å². The van der Waals surface area contributed by atoms with Crippen LogP contribution >= 0.6 is 0 Å². The maximum atomic E-state index is 5.39. The number of aromatic nitrogens is 2. The van der Waals surface area contributed by atoms with Crippen molar-refractivity contribution in [3.05, 3.63) is 11.9 Å². The summed E-state index contributed by atoms with van der Waals surface area (Å²) < 4.78 is 5.39. The van der Waals surface area contributed by atoms with Gasteiger partial charge in [0.1, 0.15) is 18.2 Å². The molecule has 0 spiro atoms. The molecule has 2 N–H and O–H groups in total. The highest BCUT2D eigenvalue weighted by molar-refractivity contribution is 5.47. The number of hydrogen-bond donors (Lipinski definition) is 2. The molecule has 0 aliphatic heterocycles. The van der Waals surface area contributed by atoms with E-state index >= 15 is 0 Å². The molecule has 2 rings (SSSR count). The van der Waals surface area contributed by atoms with E-state index in [0.29, 0.717) is 19.0 Å². The Morgan fingerprint density at radius 1 is 1.29 bits per heavy atom. The summed E-state index contributed by atoms with van der Waals surface area (Å²) in [5, 5.41) is 6.46. The van der Waals surface area contributed by atoms with Gasteiger partial charge in [0.15, 0.2) is 5.82 Å². The summed E-state index contributed by atoms with van der Waals surface area (Å²) in [6, 6.07) is 2.74. The molecule has 0 amide bonds. The van der Waals surface area contributed by atoms with Crippen LogP contribution in [-0.2, 0) is 11.3 Å². The van der Waals surface area contributed by atoms with Crippen molar-refractivity contribution in [3.63, 3.8) is 0 Å². The van der Waals surface area contributed by atoms with Gasteiger partial charge in [-0.15, -0.1) is 0 Å². The van der Waals surface area contributed by atoms with Gasteiger partial charge in [-0.25, -0.2) is 9.97 Å². The number of likely N-dealkylation sites (N-methyl/N-ethyl adjacent to an activating group) is 1. The second kappa shape index (κ2) is 8.14. The highest BCUT2D eigenvalue weighted by atomic mass is 16.5. The fourth-order valence-corrected chi connectivity index (χ4v) is 2.34. The van der Waals surface area contributed by atoms with Crippen LogP contribution in [0.25, 0.3) is 0 Å². The standard InChI is InChI=1S/C15H27N5O/c1-4-20(12-6-7-12)9-8-17-14-10-13(16-3)18-15(19-14)11-21-5-2/h10,12H,4-9,11H2,1-3H3,(H2,16,17,18,19). The van der Waals surface area contributed by atoms with Gasteiger partial charge in [0.25, 0.3) is 0 Å². The van der Waals surface area contributed by atoms with E-state index in [1.807, 2.05) is 20.0 Å². The monoisotopic (exact) mass is 293 g/mol. The molecule has 1 aromatic heterocycles.